The second kappa shape index (κ2) is 8.86. The number of likely N-dealkylation sites (tertiary alicyclic amines) is 1. The first-order valence-electron chi connectivity index (χ1n) is 10.9. The van der Waals surface area contributed by atoms with Gasteiger partial charge in [0, 0.05) is 31.3 Å². The molecule has 1 saturated heterocycles. The van der Waals surface area contributed by atoms with Gasteiger partial charge in [-0.25, -0.2) is 4.79 Å². The monoisotopic (exact) mass is 407 g/mol. The topological polar surface area (TPSA) is 75.4 Å². The van der Waals surface area contributed by atoms with Gasteiger partial charge < -0.3 is 10.0 Å². The van der Waals surface area contributed by atoms with Crippen LogP contribution in [0, 0.1) is 5.92 Å². The molecule has 1 aliphatic carbocycles. The van der Waals surface area contributed by atoms with Crippen LogP contribution in [0.2, 0.25) is 0 Å². The highest BCUT2D eigenvalue weighted by atomic mass is 16.4. The zero-order valence-corrected chi connectivity index (χ0v) is 17.5. The van der Waals surface area contributed by atoms with Crippen molar-refractivity contribution >= 4 is 11.9 Å². The van der Waals surface area contributed by atoms with E-state index < -0.39 is 5.97 Å². The molecule has 0 spiro atoms. The van der Waals surface area contributed by atoms with Crippen molar-refractivity contribution in [3.05, 3.63) is 53.7 Å². The van der Waals surface area contributed by atoms with Gasteiger partial charge in [-0.15, -0.1) is 0 Å². The predicted molar refractivity (Wildman–Crippen MR) is 115 cm³/mol. The summed E-state index contributed by atoms with van der Waals surface area (Å²) in [7, 11) is 1.87. The largest absolute Gasteiger partial charge is 0.478 e. The number of aliphatic carboxylic acids is 1. The van der Waals surface area contributed by atoms with Gasteiger partial charge in [-0.05, 0) is 43.6 Å². The molecule has 2 aliphatic rings. The van der Waals surface area contributed by atoms with E-state index in [2.05, 4.69) is 10.00 Å². The van der Waals surface area contributed by atoms with Crippen LogP contribution in [0.4, 0.5) is 0 Å². The van der Waals surface area contributed by atoms with E-state index >= 15 is 0 Å². The van der Waals surface area contributed by atoms with E-state index in [0.29, 0.717) is 23.9 Å². The number of hydrogen-bond acceptors (Lipinski definition) is 3. The van der Waals surface area contributed by atoms with Gasteiger partial charge in [0.15, 0.2) is 0 Å². The molecular formula is C24H29N3O3. The SMILES string of the molecule is Cn1ncc(C(=O)N2CCCC3CCCCC32)c1-c1ccc(C/C=C/C(=O)O)cc1. The number of benzene rings is 1. The Morgan fingerprint density at radius 2 is 1.87 bits per heavy atom. The number of carbonyl (C=O) groups excluding carboxylic acids is 1. The molecule has 1 N–H and O–H groups in total. The first-order valence-corrected chi connectivity index (χ1v) is 10.9. The maximum absolute atomic E-state index is 13.5. The van der Waals surface area contributed by atoms with Gasteiger partial charge in [0.25, 0.3) is 5.91 Å². The van der Waals surface area contributed by atoms with Crippen molar-refractivity contribution in [3.8, 4) is 11.3 Å². The van der Waals surface area contributed by atoms with E-state index in [1.54, 1.807) is 17.0 Å². The third kappa shape index (κ3) is 4.18. The van der Waals surface area contributed by atoms with Crippen LogP contribution in [-0.4, -0.2) is 44.3 Å². The summed E-state index contributed by atoms with van der Waals surface area (Å²) in [4.78, 5) is 26.3. The number of carboxylic acid groups (broad SMARTS) is 1. The van der Waals surface area contributed by atoms with Gasteiger partial charge in [-0.2, -0.15) is 5.10 Å². The first kappa shape index (κ1) is 20.4. The van der Waals surface area contributed by atoms with Crippen LogP contribution >= 0.6 is 0 Å². The number of amides is 1. The number of rotatable bonds is 5. The van der Waals surface area contributed by atoms with Crippen LogP contribution in [0.15, 0.2) is 42.6 Å². The van der Waals surface area contributed by atoms with E-state index in [4.69, 9.17) is 5.11 Å². The van der Waals surface area contributed by atoms with Crippen LogP contribution in [-0.2, 0) is 18.3 Å². The van der Waals surface area contributed by atoms with E-state index in [1.165, 1.54) is 25.7 Å². The number of hydrogen-bond donors (Lipinski definition) is 1. The van der Waals surface area contributed by atoms with Crippen molar-refractivity contribution in [2.24, 2.45) is 13.0 Å². The van der Waals surface area contributed by atoms with Crippen LogP contribution in [0.5, 0.6) is 0 Å². The lowest BCUT2D eigenvalue weighted by molar-refractivity contribution is -0.131. The fourth-order valence-electron chi connectivity index (χ4n) is 5.06. The van der Waals surface area contributed by atoms with E-state index in [-0.39, 0.29) is 5.91 Å². The molecule has 6 nitrogen and oxygen atoms in total. The molecular weight excluding hydrogens is 378 g/mol. The molecule has 2 unspecified atom stereocenters. The Morgan fingerprint density at radius 3 is 2.63 bits per heavy atom. The van der Waals surface area contributed by atoms with Gasteiger partial charge in [0.1, 0.15) is 0 Å². The van der Waals surface area contributed by atoms with Crippen molar-refractivity contribution in [2.45, 2.75) is 51.0 Å². The van der Waals surface area contributed by atoms with Crippen molar-refractivity contribution in [1.29, 1.82) is 0 Å². The molecule has 1 aromatic carbocycles. The number of carbonyl (C=O) groups is 2. The number of carboxylic acids is 1. The molecule has 30 heavy (non-hydrogen) atoms. The Morgan fingerprint density at radius 1 is 1.13 bits per heavy atom. The summed E-state index contributed by atoms with van der Waals surface area (Å²) in [6.45, 7) is 0.836. The maximum atomic E-state index is 13.5. The molecule has 1 aliphatic heterocycles. The van der Waals surface area contributed by atoms with Gasteiger partial charge in [0.05, 0.1) is 17.5 Å². The van der Waals surface area contributed by atoms with Gasteiger partial charge in [-0.3, -0.25) is 9.48 Å². The molecule has 2 heterocycles. The zero-order valence-electron chi connectivity index (χ0n) is 17.5. The molecule has 0 bridgehead atoms. The minimum atomic E-state index is -0.942. The Balaban J connectivity index is 1.57. The quantitative estimate of drug-likeness (QED) is 0.758. The molecule has 0 radical (unpaired) electrons. The number of nitrogens with zero attached hydrogens (tertiary/aromatic N) is 3. The van der Waals surface area contributed by atoms with Crippen LogP contribution < -0.4 is 0 Å². The molecule has 2 fully saturated rings. The molecule has 6 heteroatoms. The second-order valence-corrected chi connectivity index (χ2v) is 8.42. The van der Waals surface area contributed by atoms with Crippen molar-refractivity contribution in [2.75, 3.05) is 6.54 Å². The van der Waals surface area contributed by atoms with Gasteiger partial charge in [0.2, 0.25) is 0 Å². The Labute approximate surface area is 177 Å². The second-order valence-electron chi connectivity index (χ2n) is 8.42. The maximum Gasteiger partial charge on any atom is 0.327 e. The normalized spacial score (nSPS) is 21.6. The summed E-state index contributed by atoms with van der Waals surface area (Å²) in [5.41, 5.74) is 3.47. The lowest BCUT2D eigenvalue weighted by Crippen LogP contribution is -2.49. The first-order chi connectivity index (χ1) is 14.5. The summed E-state index contributed by atoms with van der Waals surface area (Å²) < 4.78 is 1.77. The predicted octanol–water partition coefficient (Wildman–Crippen LogP) is 4.07. The lowest BCUT2D eigenvalue weighted by Gasteiger charge is -2.44. The average Bonchev–Trinajstić information content (AvgIpc) is 3.14. The Kier molecular flexibility index (Phi) is 6.02. The minimum Gasteiger partial charge on any atom is -0.478 e. The van der Waals surface area contributed by atoms with Crippen LogP contribution in [0.1, 0.15) is 54.4 Å². The number of allylic oxidation sites excluding steroid dienone is 1. The average molecular weight is 408 g/mol. The molecule has 4 rings (SSSR count). The highest BCUT2D eigenvalue weighted by Crippen LogP contribution is 2.37. The number of aromatic nitrogens is 2. The molecule has 2 atom stereocenters. The Hall–Kier alpha value is -2.89. The van der Waals surface area contributed by atoms with Gasteiger partial charge >= 0.3 is 5.97 Å². The van der Waals surface area contributed by atoms with Crippen molar-refractivity contribution in [1.82, 2.24) is 14.7 Å². The fraction of sp³-hybridized carbons (Fsp3) is 0.458. The summed E-state index contributed by atoms with van der Waals surface area (Å²) in [6, 6.07) is 8.28. The van der Waals surface area contributed by atoms with E-state index in [9.17, 15) is 9.59 Å². The number of piperidine rings is 1. The summed E-state index contributed by atoms with van der Waals surface area (Å²) >= 11 is 0. The molecule has 1 amide bonds. The third-order valence-electron chi connectivity index (χ3n) is 6.51. The van der Waals surface area contributed by atoms with Crippen LogP contribution in [0.25, 0.3) is 11.3 Å². The van der Waals surface area contributed by atoms with Crippen LogP contribution in [0.3, 0.4) is 0 Å². The summed E-state index contributed by atoms with van der Waals surface area (Å²) in [5, 5.41) is 13.1. The molecule has 1 saturated carbocycles. The van der Waals surface area contributed by atoms with Crippen molar-refractivity contribution in [3.63, 3.8) is 0 Å². The number of fused-ring (bicyclic) bond motifs is 1. The smallest absolute Gasteiger partial charge is 0.327 e. The summed E-state index contributed by atoms with van der Waals surface area (Å²) in [6.07, 6.45) is 12.2. The molecule has 1 aromatic heterocycles. The highest BCUT2D eigenvalue weighted by molar-refractivity contribution is 6.00. The minimum absolute atomic E-state index is 0.100. The zero-order chi connectivity index (χ0) is 21.1. The molecule has 2 aromatic rings. The third-order valence-corrected chi connectivity index (χ3v) is 6.51. The number of aryl methyl sites for hydroxylation is 1. The fourth-order valence-corrected chi connectivity index (χ4v) is 5.06. The molecule has 158 valence electrons. The van der Waals surface area contributed by atoms with E-state index in [0.717, 1.165) is 42.3 Å². The standard InChI is InChI=1S/C24H29N3O3/c1-26-23(19-13-11-17(12-14-19)6-4-10-22(28)29)20(16-25-26)24(30)27-15-5-8-18-7-2-3-9-21(18)27/h4,10-14,16,18,21H,2-3,5-9,15H2,1H3,(H,28,29)/b10-4+. The van der Waals surface area contributed by atoms with E-state index in [1.807, 2.05) is 31.3 Å². The summed E-state index contributed by atoms with van der Waals surface area (Å²) in [5.74, 6) is -0.194. The van der Waals surface area contributed by atoms with Gasteiger partial charge in [-0.1, -0.05) is 43.2 Å². The Bertz CT molecular complexity index is 943. The highest BCUT2D eigenvalue weighted by Gasteiger charge is 2.37. The van der Waals surface area contributed by atoms with Crippen molar-refractivity contribution < 1.29 is 14.7 Å². The lowest BCUT2D eigenvalue weighted by atomic mass is 9.78.